The van der Waals surface area contributed by atoms with Gasteiger partial charge in [0.15, 0.2) is 0 Å². The number of fused-ring (bicyclic) bond motifs is 1. The zero-order valence-electron chi connectivity index (χ0n) is 12.9. The SMILES string of the molecule is Cn1c(=O)n(CCC(=O)N2CCC[C@H](N)C2)c2ccccc21. The van der Waals surface area contributed by atoms with E-state index in [4.69, 9.17) is 5.73 Å². The number of carbonyl (C=O) groups excluding carboxylic acids is 1. The maximum Gasteiger partial charge on any atom is 0.328 e. The fraction of sp³-hybridized carbons (Fsp3) is 0.500. The maximum atomic E-state index is 12.3. The number of nitrogens with two attached hydrogens (primary N) is 1. The molecule has 6 nitrogen and oxygen atoms in total. The van der Waals surface area contributed by atoms with Crippen LogP contribution in [-0.4, -0.2) is 39.1 Å². The number of likely N-dealkylation sites (tertiary alicyclic amines) is 1. The average molecular weight is 302 g/mol. The molecule has 0 spiro atoms. The Balaban J connectivity index is 1.75. The van der Waals surface area contributed by atoms with Crippen LogP contribution in [0.1, 0.15) is 19.3 Å². The number of piperidine rings is 1. The first kappa shape index (κ1) is 14.8. The van der Waals surface area contributed by atoms with Gasteiger partial charge in [-0.15, -0.1) is 0 Å². The van der Waals surface area contributed by atoms with Gasteiger partial charge in [-0.25, -0.2) is 4.79 Å². The number of amides is 1. The number of benzene rings is 1. The van der Waals surface area contributed by atoms with Crippen LogP contribution >= 0.6 is 0 Å². The van der Waals surface area contributed by atoms with E-state index < -0.39 is 0 Å². The van der Waals surface area contributed by atoms with Crippen LogP contribution in [0.25, 0.3) is 11.0 Å². The van der Waals surface area contributed by atoms with E-state index in [0.717, 1.165) is 30.4 Å². The highest BCUT2D eigenvalue weighted by atomic mass is 16.2. The van der Waals surface area contributed by atoms with Gasteiger partial charge in [0.1, 0.15) is 0 Å². The van der Waals surface area contributed by atoms with Crippen molar-refractivity contribution >= 4 is 16.9 Å². The lowest BCUT2D eigenvalue weighted by atomic mass is 10.1. The monoisotopic (exact) mass is 302 g/mol. The van der Waals surface area contributed by atoms with Gasteiger partial charge in [-0.1, -0.05) is 12.1 Å². The summed E-state index contributed by atoms with van der Waals surface area (Å²) < 4.78 is 3.30. The molecule has 22 heavy (non-hydrogen) atoms. The smallest absolute Gasteiger partial charge is 0.328 e. The number of para-hydroxylation sites is 2. The maximum absolute atomic E-state index is 12.3. The van der Waals surface area contributed by atoms with E-state index in [1.807, 2.05) is 29.2 Å². The van der Waals surface area contributed by atoms with Gasteiger partial charge >= 0.3 is 5.69 Å². The molecule has 0 bridgehead atoms. The molecule has 6 heteroatoms. The minimum Gasteiger partial charge on any atom is -0.341 e. The van der Waals surface area contributed by atoms with Gasteiger partial charge in [-0.2, -0.15) is 0 Å². The van der Waals surface area contributed by atoms with Crippen molar-refractivity contribution in [2.75, 3.05) is 13.1 Å². The second-order valence-electron chi connectivity index (χ2n) is 5.97. The van der Waals surface area contributed by atoms with E-state index in [1.54, 1.807) is 16.2 Å². The number of rotatable bonds is 3. The number of nitrogens with zero attached hydrogens (tertiary/aromatic N) is 3. The Kier molecular flexibility index (Phi) is 4.02. The quantitative estimate of drug-likeness (QED) is 0.906. The van der Waals surface area contributed by atoms with E-state index in [9.17, 15) is 9.59 Å². The molecule has 1 aromatic carbocycles. The summed E-state index contributed by atoms with van der Waals surface area (Å²) in [5.74, 6) is 0.0787. The summed E-state index contributed by atoms with van der Waals surface area (Å²) in [4.78, 5) is 26.5. The highest BCUT2D eigenvalue weighted by Gasteiger charge is 2.21. The molecule has 1 aliphatic rings. The predicted molar refractivity (Wildman–Crippen MR) is 85.6 cm³/mol. The molecule has 1 aromatic heterocycles. The average Bonchev–Trinajstić information content (AvgIpc) is 2.77. The van der Waals surface area contributed by atoms with Crippen molar-refractivity contribution in [2.45, 2.75) is 31.8 Å². The van der Waals surface area contributed by atoms with Crippen molar-refractivity contribution in [3.63, 3.8) is 0 Å². The first-order chi connectivity index (χ1) is 10.6. The van der Waals surface area contributed by atoms with E-state index in [0.29, 0.717) is 19.5 Å². The van der Waals surface area contributed by atoms with E-state index in [2.05, 4.69) is 0 Å². The largest absolute Gasteiger partial charge is 0.341 e. The topological polar surface area (TPSA) is 73.3 Å². The van der Waals surface area contributed by atoms with Crippen LogP contribution in [0.5, 0.6) is 0 Å². The number of imidazole rings is 1. The zero-order valence-corrected chi connectivity index (χ0v) is 12.9. The van der Waals surface area contributed by atoms with Gasteiger partial charge in [0.05, 0.1) is 11.0 Å². The summed E-state index contributed by atoms with van der Waals surface area (Å²) >= 11 is 0. The molecule has 118 valence electrons. The Morgan fingerprint density at radius 2 is 2.05 bits per heavy atom. The number of hydrogen-bond acceptors (Lipinski definition) is 3. The third-order valence-electron chi connectivity index (χ3n) is 4.41. The minimum absolute atomic E-state index is 0.0787. The molecule has 1 fully saturated rings. The van der Waals surface area contributed by atoms with Crippen LogP contribution in [0.3, 0.4) is 0 Å². The van der Waals surface area contributed by atoms with Gasteiger partial charge in [-0.3, -0.25) is 13.9 Å². The molecule has 1 aliphatic heterocycles. The van der Waals surface area contributed by atoms with Gasteiger partial charge in [0, 0.05) is 39.1 Å². The Morgan fingerprint density at radius 1 is 1.32 bits per heavy atom. The van der Waals surface area contributed by atoms with Gasteiger partial charge in [0.25, 0.3) is 0 Å². The lowest BCUT2D eigenvalue weighted by molar-refractivity contribution is -0.132. The zero-order chi connectivity index (χ0) is 15.7. The van der Waals surface area contributed by atoms with Crippen LogP contribution in [0.4, 0.5) is 0 Å². The number of carbonyl (C=O) groups is 1. The molecular formula is C16H22N4O2. The van der Waals surface area contributed by atoms with E-state index in [1.165, 1.54) is 0 Å². The van der Waals surface area contributed by atoms with Crippen LogP contribution < -0.4 is 11.4 Å². The molecule has 0 unspecified atom stereocenters. The summed E-state index contributed by atoms with van der Waals surface area (Å²) in [6.45, 7) is 1.81. The van der Waals surface area contributed by atoms with Crippen molar-refractivity contribution in [1.82, 2.24) is 14.0 Å². The van der Waals surface area contributed by atoms with Gasteiger partial charge in [0.2, 0.25) is 5.91 Å². The Labute approximate surface area is 129 Å². The summed E-state index contributed by atoms with van der Waals surface area (Å²) in [5.41, 5.74) is 7.60. The number of aryl methyl sites for hydroxylation is 2. The number of hydrogen-bond donors (Lipinski definition) is 1. The molecule has 1 saturated heterocycles. The summed E-state index contributed by atoms with van der Waals surface area (Å²) in [7, 11) is 1.76. The molecule has 0 radical (unpaired) electrons. The Hall–Kier alpha value is -2.08. The highest BCUT2D eigenvalue weighted by Crippen LogP contribution is 2.13. The third-order valence-corrected chi connectivity index (χ3v) is 4.41. The van der Waals surface area contributed by atoms with E-state index in [-0.39, 0.29) is 17.6 Å². The van der Waals surface area contributed by atoms with Gasteiger partial charge in [-0.05, 0) is 25.0 Å². The second kappa shape index (κ2) is 5.96. The summed E-state index contributed by atoms with van der Waals surface area (Å²) in [6.07, 6.45) is 2.27. The standard InChI is InChI=1S/C16H22N4O2/c1-18-13-6-2-3-7-14(13)20(16(18)22)10-8-15(21)19-9-4-5-12(17)11-19/h2-3,6-7,12H,4-5,8-11,17H2,1H3/t12-/m0/s1. The summed E-state index contributed by atoms with van der Waals surface area (Å²) in [6, 6.07) is 7.73. The molecule has 1 amide bonds. The van der Waals surface area contributed by atoms with Crippen LogP contribution in [0.2, 0.25) is 0 Å². The molecule has 0 aliphatic carbocycles. The van der Waals surface area contributed by atoms with Crippen LogP contribution in [0.15, 0.2) is 29.1 Å². The minimum atomic E-state index is -0.0793. The normalized spacial score (nSPS) is 18.8. The van der Waals surface area contributed by atoms with E-state index >= 15 is 0 Å². The molecule has 0 saturated carbocycles. The molecule has 1 atom stereocenters. The first-order valence-electron chi connectivity index (χ1n) is 7.75. The van der Waals surface area contributed by atoms with Crippen LogP contribution in [-0.2, 0) is 18.4 Å². The first-order valence-corrected chi connectivity index (χ1v) is 7.75. The molecule has 3 rings (SSSR count). The van der Waals surface area contributed by atoms with Crippen molar-refractivity contribution in [3.05, 3.63) is 34.7 Å². The predicted octanol–water partition coefficient (Wildman–Crippen LogP) is 0.680. The number of aromatic nitrogens is 2. The fourth-order valence-electron chi connectivity index (χ4n) is 3.18. The van der Waals surface area contributed by atoms with Crippen molar-refractivity contribution < 1.29 is 4.79 Å². The van der Waals surface area contributed by atoms with Crippen LogP contribution in [0, 0.1) is 0 Å². The van der Waals surface area contributed by atoms with Crippen molar-refractivity contribution in [2.24, 2.45) is 12.8 Å². The lowest BCUT2D eigenvalue weighted by Gasteiger charge is -2.30. The lowest BCUT2D eigenvalue weighted by Crippen LogP contribution is -2.46. The highest BCUT2D eigenvalue weighted by molar-refractivity contribution is 5.78. The van der Waals surface area contributed by atoms with Crippen molar-refractivity contribution in [3.8, 4) is 0 Å². The second-order valence-corrected chi connectivity index (χ2v) is 5.97. The Morgan fingerprint density at radius 3 is 2.77 bits per heavy atom. The molecule has 2 heterocycles. The molecule has 2 aromatic rings. The Bertz CT molecular complexity index is 746. The van der Waals surface area contributed by atoms with Gasteiger partial charge < -0.3 is 10.6 Å². The third kappa shape index (κ3) is 2.66. The summed E-state index contributed by atoms with van der Waals surface area (Å²) in [5, 5.41) is 0. The fourth-order valence-corrected chi connectivity index (χ4v) is 3.18. The molecule has 2 N–H and O–H groups in total. The molecular weight excluding hydrogens is 280 g/mol. The van der Waals surface area contributed by atoms with Crippen molar-refractivity contribution in [1.29, 1.82) is 0 Å².